The van der Waals surface area contributed by atoms with Crippen LogP contribution < -0.4 is 0 Å². The maximum atomic E-state index is 13.2. The average molecular weight is 510 g/mol. The van der Waals surface area contributed by atoms with Crippen molar-refractivity contribution in [2.24, 2.45) is 17.3 Å². The molecule has 35 heavy (non-hydrogen) atoms. The minimum Gasteiger partial charge on any atom is -0.459 e. The number of carbonyl (C=O) groups is 2. The highest BCUT2D eigenvalue weighted by Crippen LogP contribution is 2.54. The molecule has 4 heterocycles. The Hall–Kier alpha value is -1.39. The number of ketones is 1. The van der Waals surface area contributed by atoms with Crippen LogP contribution in [0, 0.1) is 24.2 Å². The number of rotatable bonds is 2. The molecule has 3 aliphatic heterocycles. The zero-order chi connectivity index (χ0) is 25.7. The fourth-order valence-electron chi connectivity index (χ4n) is 5.40. The fourth-order valence-corrected chi connectivity index (χ4v) is 6.03. The Morgan fingerprint density at radius 2 is 1.83 bits per heavy atom. The van der Waals surface area contributed by atoms with E-state index >= 15 is 0 Å². The van der Waals surface area contributed by atoms with Gasteiger partial charge < -0.3 is 24.4 Å². The third kappa shape index (κ3) is 5.49. The Morgan fingerprint density at radius 3 is 2.49 bits per heavy atom. The normalized spacial score (nSPS) is 42.7. The van der Waals surface area contributed by atoms with E-state index in [1.54, 1.807) is 32.1 Å². The van der Waals surface area contributed by atoms with Crippen molar-refractivity contribution < 1.29 is 34.0 Å². The summed E-state index contributed by atoms with van der Waals surface area (Å²) < 4.78 is 17.9. The topological polar surface area (TPSA) is 122 Å². The summed E-state index contributed by atoms with van der Waals surface area (Å²) in [6.45, 7) is 10.8. The molecule has 1 unspecified atom stereocenters. The molecule has 2 N–H and O–H groups in total. The minimum absolute atomic E-state index is 0.0263. The van der Waals surface area contributed by atoms with E-state index in [9.17, 15) is 19.8 Å². The lowest BCUT2D eigenvalue weighted by atomic mass is 9.73. The summed E-state index contributed by atoms with van der Waals surface area (Å²) in [5.74, 6) is -1.56. The number of carbonyl (C=O) groups excluding carboxylic acids is 2. The molecule has 0 amide bonds. The average Bonchev–Trinajstić information content (AvgIpc) is 3.66. The zero-order valence-electron chi connectivity index (χ0n) is 21.5. The molecule has 1 aromatic rings. The van der Waals surface area contributed by atoms with Crippen LogP contribution in [-0.4, -0.2) is 63.1 Å². The molecule has 0 saturated carbocycles. The van der Waals surface area contributed by atoms with Gasteiger partial charge in [-0.25, -0.2) is 4.98 Å². The Morgan fingerprint density at radius 1 is 1.11 bits per heavy atom. The monoisotopic (exact) mass is 509 g/mol. The van der Waals surface area contributed by atoms with Gasteiger partial charge in [-0.2, -0.15) is 0 Å². The molecule has 196 valence electrons. The first-order valence-corrected chi connectivity index (χ1v) is 13.6. The van der Waals surface area contributed by atoms with E-state index in [0.29, 0.717) is 6.42 Å². The maximum Gasteiger partial charge on any atom is 0.308 e. The highest BCUT2D eigenvalue weighted by Gasteiger charge is 2.62. The van der Waals surface area contributed by atoms with Crippen LogP contribution in [0.1, 0.15) is 83.5 Å². The summed E-state index contributed by atoms with van der Waals surface area (Å²) in [5.41, 5.74) is -1.10. The number of aliphatic hydroxyl groups excluding tert-OH is 2. The number of hydrogen-bond donors (Lipinski definition) is 2. The van der Waals surface area contributed by atoms with Gasteiger partial charge in [0, 0.05) is 17.7 Å². The first-order valence-electron chi connectivity index (χ1n) is 12.7. The van der Waals surface area contributed by atoms with E-state index in [1.807, 2.05) is 26.2 Å². The number of thiazole rings is 1. The van der Waals surface area contributed by atoms with Crippen LogP contribution >= 0.6 is 11.3 Å². The summed E-state index contributed by atoms with van der Waals surface area (Å²) >= 11 is 1.55. The number of hydrogen-bond acceptors (Lipinski definition) is 9. The second kappa shape index (κ2) is 9.82. The summed E-state index contributed by atoms with van der Waals surface area (Å²) in [7, 11) is 0. The molecular formula is C26H39NO7S. The van der Waals surface area contributed by atoms with Gasteiger partial charge in [0.25, 0.3) is 0 Å². The van der Waals surface area contributed by atoms with Gasteiger partial charge in [-0.05, 0) is 32.6 Å². The minimum atomic E-state index is -1.24. The molecule has 0 radical (unpaired) electrons. The van der Waals surface area contributed by atoms with Crippen molar-refractivity contribution in [1.29, 1.82) is 0 Å². The van der Waals surface area contributed by atoms with E-state index in [1.165, 1.54) is 0 Å². The van der Waals surface area contributed by atoms with Crippen LogP contribution in [0.2, 0.25) is 0 Å². The van der Waals surface area contributed by atoms with Gasteiger partial charge in [-0.3, -0.25) is 9.59 Å². The predicted molar refractivity (Wildman–Crippen MR) is 130 cm³/mol. The van der Waals surface area contributed by atoms with Crippen molar-refractivity contribution in [3.8, 4) is 0 Å². The summed E-state index contributed by atoms with van der Waals surface area (Å²) in [6, 6.07) is 0. The molecule has 9 atom stereocenters. The van der Waals surface area contributed by atoms with Crippen LogP contribution in [0.3, 0.4) is 0 Å². The Bertz CT molecular complexity index is 948. The van der Waals surface area contributed by atoms with Crippen molar-refractivity contribution in [2.75, 3.05) is 0 Å². The molecule has 8 nitrogen and oxygen atoms in total. The van der Waals surface area contributed by atoms with Crippen molar-refractivity contribution in [3.05, 3.63) is 16.1 Å². The van der Waals surface area contributed by atoms with E-state index in [4.69, 9.17) is 14.2 Å². The number of esters is 1. The summed E-state index contributed by atoms with van der Waals surface area (Å²) in [4.78, 5) is 30.7. The van der Waals surface area contributed by atoms with E-state index < -0.39 is 41.2 Å². The number of ether oxygens (including phenoxy) is 3. The Kier molecular flexibility index (Phi) is 7.48. The van der Waals surface area contributed by atoms with Gasteiger partial charge in [0.05, 0.1) is 47.0 Å². The maximum absolute atomic E-state index is 13.2. The molecule has 0 spiro atoms. The van der Waals surface area contributed by atoms with E-state index in [-0.39, 0.29) is 36.4 Å². The van der Waals surface area contributed by atoms with Crippen LogP contribution in [0.25, 0.3) is 0 Å². The number of fused-ring (bicyclic) bond motifs is 1. The second-order valence-corrected chi connectivity index (χ2v) is 12.5. The van der Waals surface area contributed by atoms with E-state index in [0.717, 1.165) is 30.0 Å². The number of Topliss-reactive ketones (excluding diaryl/α,β-unsaturated/α-hetero) is 1. The quantitative estimate of drug-likeness (QED) is 0.459. The Labute approximate surface area is 211 Å². The van der Waals surface area contributed by atoms with Crippen LogP contribution in [-0.2, 0) is 23.8 Å². The molecule has 4 rings (SSSR count). The highest BCUT2D eigenvalue weighted by atomic mass is 32.1. The first-order chi connectivity index (χ1) is 16.3. The summed E-state index contributed by atoms with van der Waals surface area (Å²) in [5, 5.41) is 24.6. The highest BCUT2D eigenvalue weighted by molar-refractivity contribution is 7.09. The van der Waals surface area contributed by atoms with Gasteiger partial charge in [0.2, 0.25) is 0 Å². The van der Waals surface area contributed by atoms with Crippen molar-refractivity contribution >= 4 is 23.1 Å². The number of epoxide rings is 2. The standard InChI is InChI=1S/C26H39NO7S/c1-13-8-7-9-17-18(32-17)10-20(26(6)24(34-26)16-12-35-15(3)27-16)33-21(29)11-19(28)25(4,5)23(31)14(2)22(13)30/h12-14,17-20,22,24,28,30H,7-11H2,1-6H3/t13-,14+,17+,18-,19-,20-,22?,24-,26-/m0/s1. The van der Waals surface area contributed by atoms with Crippen LogP contribution in [0.15, 0.2) is 5.38 Å². The molecule has 9 heteroatoms. The second-order valence-electron chi connectivity index (χ2n) is 11.4. The Balaban J connectivity index is 1.53. The van der Waals surface area contributed by atoms with Crippen LogP contribution in [0.5, 0.6) is 0 Å². The molecule has 0 aromatic carbocycles. The van der Waals surface area contributed by atoms with Crippen molar-refractivity contribution in [3.63, 3.8) is 0 Å². The third-order valence-corrected chi connectivity index (χ3v) is 9.06. The summed E-state index contributed by atoms with van der Waals surface area (Å²) in [6.07, 6.45) is -0.149. The van der Waals surface area contributed by atoms with Gasteiger partial charge in [-0.1, -0.05) is 34.1 Å². The number of aryl methyl sites for hydroxylation is 1. The molecular weight excluding hydrogens is 470 g/mol. The third-order valence-electron chi connectivity index (χ3n) is 8.27. The lowest BCUT2D eigenvalue weighted by Crippen LogP contribution is -2.46. The van der Waals surface area contributed by atoms with E-state index in [2.05, 4.69) is 4.98 Å². The lowest BCUT2D eigenvalue weighted by Gasteiger charge is -2.34. The number of aromatic nitrogens is 1. The molecule has 0 bridgehead atoms. The number of aliphatic hydroxyl groups is 2. The zero-order valence-corrected chi connectivity index (χ0v) is 22.3. The van der Waals surface area contributed by atoms with Crippen LogP contribution in [0.4, 0.5) is 0 Å². The van der Waals surface area contributed by atoms with Gasteiger partial charge in [0.1, 0.15) is 23.6 Å². The fraction of sp³-hybridized carbons (Fsp3) is 0.808. The van der Waals surface area contributed by atoms with Gasteiger partial charge in [-0.15, -0.1) is 11.3 Å². The largest absolute Gasteiger partial charge is 0.459 e. The smallest absolute Gasteiger partial charge is 0.308 e. The van der Waals surface area contributed by atoms with Gasteiger partial charge >= 0.3 is 5.97 Å². The molecule has 3 aliphatic rings. The SMILES string of the molecule is Cc1nc([C@@H]2O[C@@]2(C)[C@@H]2C[C@@H]3O[C@@H]3CCC[C@H](C)C(O)[C@@H](C)C(=O)C(C)(C)[C@@H](O)CC(=O)O2)cs1. The first kappa shape index (κ1) is 26.7. The van der Waals surface area contributed by atoms with Gasteiger partial charge in [0.15, 0.2) is 0 Å². The number of cyclic esters (lactones) is 1. The molecule has 0 aliphatic carbocycles. The predicted octanol–water partition coefficient (Wildman–Crippen LogP) is 3.51. The van der Waals surface area contributed by atoms with Crippen molar-refractivity contribution in [1.82, 2.24) is 4.98 Å². The lowest BCUT2D eigenvalue weighted by molar-refractivity contribution is -0.159. The molecule has 1 aromatic heterocycles. The molecule has 3 fully saturated rings. The number of nitrogens with zero attached hydrogens (tertiary/aromatic N) is 1. The molecule has 3 saturated heterocycles. The van der Waals surface area contributed by atoms with Crippen molar-refractivity contribution in [2.45, 2.75) is 116 Å².